The number of nitriles is 2. The van der Waals surface area contributed by atoms with Crippen LogP contribution >= 0.6 is 22.7 Å². The lowest BCUT2D eigenvalue weighted by Gasteiger charge is -2.24. The van der Waals surface area contributed by atoms with Crippen molar-refractivity contribution in [2.24, 2.45) is 0 Å². The largest absolute Gasteiger partial charge is 0.383 e. The molecule has 0 bridgehead atoms. The van der Waals surface area contributed by atoms with Gasteiger partial charge in [-0.25, -0.2) is 0 Å². The molecule has 24 heavy (non-hydrogen) atoms. The Labute approximate surface area is 149 Å². The maximum absolute atomic E-state index is 8.85. The van der Waals surface area contributed by atoms with Crippen molar-refractivity contribution in [2.75, 3.05) is 25.2 Å². The van der Waals surface area contributed by atoms with Crippen molar-refractivity contribution in [3.63, 3.8) is 0 Å². The molecule has 2 aromatic heterocycles. The van der Waals surface area contributed by atoms with Gasteiger partial charge < -0.3 is 9.64 Å². The monoisotopic (exact) mass is 355 g/mol. The van der Waals surface area contributed by atoms with Crippen molar-refractivity contribution in [3.8, 4) is 21.9 Å². The summed E-state index contributed by atoms with van der Waals surface area (Å²) in [5.41, 5.74) is 0.134. The average Bonchev–Trinajstić information content (AvgIpc) is 3.32. The van der Waals surface area contributed by atoms with Crippen LogP contribution in [-0.2, 0) is 4.74 Å². The van der Waals surface area contributed by atoms with Crippen LogP contribution in [0.25, 0.3) is 15.8 Å². The molecule has 0 radical (unpaired) electrons. The molecule has 4 nitrogen and oxygen atoms in total. The first-order valence-electron chi connectivity index (χ1n) is 7.72. The smallest absolute Gasteiger partial charge is 0.131 e. The van der Waals surface area contributed by atoms with E-state index in [9.17, 15) is 0 Å². The van der Waals surface area contributed by atoms with Gasteiger partial charge in [-0.1, -0.05) is 0 Å². The number of nitrogens with zero attached hydrogens (tertiary/aromatic N) is 3. The van der Waals surface area contributed by atoms with Crippen LogP contribution in [0.5, 0.6) is 0 Å². The molecule has 1 aliphatic heterocycles. The third-order valence-electron chi connectivity index (χ3n) is 4.01. The molecule has 3 heterocycles. The zero-order valence-corrected chi connectivity index (χ0v) is 15.0. The molecule has 1 fully saturated rings. The molecule has 2 aromatic rings. The van der Waals surface area contributed by atoms with Crippen LogP contribution < -0.4 is 4.90 Å². The summed E-state index contributed by atoms with van der Waals surface area (Å²) in [4.78, 5) is 5.75. The predicted octanol–water partition coefficient (Wildman–Crippen LogP) is 4.52. The van der Waals surface area contributed by atoms with Gasteiger partial charge in [0.25, 0.3) is 0 Å². The highest BCUT2D eigenvalue weighted by Crippen LogP contribution is 2.39. The Kier molecular flexibility index (Phi) is 5.32. The number of rotatable bonds is 5. The Morgan fingerprint density at radius 3 is 2.75 bits per heavy atom. The third-order valence-corrected chi connectivity index (χ3v) is 6.36. The standard InChI is InChI=1S/C18H17N3OS2/c1-22-12-14-3-2-8-21(14)18-7-6-17(24-18)16-5-4-15(23-16)9-13(10-19)11-20/h4-7,9,14H,2-3,8,12H2,1H3/t14-/m1/s1. The summed E-state index contributed by atoms with van der Waals surface area (Å²) < 4.78 is 5.34. The van der Waals surface area contributed by atoms with E-state index < -0.39 is 0 Å². The molecule has 1 aliphatic rings. The second kappa shape index (κ2) is 7.63. The first-order chi connectivity index (χ1) is 11.7. The number of hydrogen-bond donors (Lipinski definition) is 0. The molecular weight excluding hydrogens is 338 g/mol. The van der Waals surface area contributed by atoms with E-state index in [4.69, 9.17) is 15.3 Å². The lowest BCUT2D eigenvalue weighted by Crippen LogP contribution is -2.31. The molecule has 0 unspecified atom stereocenters. The number of anilines is 1. The minimum Gasteiger partial charge on any atom is -0.383 e. The third kappa shape index (κ3) is 3.52. The van der Waals surface area contributed by atoms with E-state index >= 15 is 0 Å². The number of ether oxygens (including phenoxy) is 1. The number of hydrogen-bond acceptors (Lipinski definition) is 6. The summed E-state index contributed by atoms with van der Waals surface area (Å²) in [6.45, 7) is 1.85. The zero-order valence-electron chi connectivity index (χ0n) is 13.4. The topological polar surface area (TPSA) is 60.0 Å². The Morgan fingerprint density at radius 1 is 1.25 bits per heavy atom. The normalized spacial score (nSPS) is 16.6. The minimum atomic E-state index is 0.134. The van der Waals surface area contributed by atoms with E-state index in [1.54, 1.807) is 35.9 Å². The number of methoxy groups -OCH3 is 1. The van der Waals surface area contributed by atoms with Gasteiger partial charge in [0.2, 0.25) is 0 Å². The summed E-state index contributed by atoms with van der Waals surface area (Å²) in [5.74, 6) is 0. The Morgan fingerprint density at radius 2 is 2.00 bits per heavy atom. The second-order valence-electron chi connectivity index (χ2n) is 5.57. The van der Waals surface area contributed by atoms with Gasteiger partial charge in [-0.2, -0.15) is 10.5 Å². The second-order valence-corrected chi connectivity index (χ2v) is 7.74. The maximum Gasteiger partial charge on any atom is 0.131 e. The van der Waals surface area contributed by atoms with Gasteiger partial charge in [0.15, 0.2) is 0 Å². The van der Waals surface area contributed by atoms with Crippen LogP contribution in [0.3, 0.4) is 0 Å². The molecule has 1 saturated heterocycles. The predicted molar refractivity (Wildman–Crippen MR) is 99.1 cm³/mol. The zero-order chi connectivity index (χ0) is 16.9. The van der Waals surface area contributed by atoms with Crippen molar-refractivity contribution in [2.45, 2.75) is 18.9 Å². The van der Waals surface area contributed by atoms with E-state index in [1.807, 2.05) is 18.2 Å². The average molecular weight is 355 g/mol. The summed E-state index contributed by atoms with van der Waals surface area (Å²) >= 11 is 3.39. The Hall–Kier alpha value is -2.12. The molecule has 3 rings (SSSR count). The van der Waals surface area contributed by atoms with Gasteiger partial charge in [0, 0.05) is 28.3 Å². The highest BCUT2D eigenvalue weighted by atomic mass is 32.1. The molecule has 6 heteroatoms. The molecule has 1 atom stereocenters. The van der Waals surface area contributed by atoms with Crippen molar-refractivity contribution in [1.82, 2.24) is 0 Å². The summed E-state index contributed by atoms with van der Waals surface area (Å²) in [5, 5.41) is 19.0. The van der Waals surface area contributed by atoms with Crippen LogP contribution in [-0.4, -0.2) is 26.3 Å². The van der Waals surface area contributed by atoms with E-state index in [0.29, 0.717) is 6.04 Å². The van der Waals surface area contributed by atoms with Crippen LogP contribution in [0.2, 0.25) is 0 Å². The van der Waals surface area contributed by atoms with Crippen molar-refractivity contribution >= 4 is 33.8 Å². The summed E-state index contributed by atoms with van der Waals surface area (Å²) in [7, 11) is 1.76. The van der Waals surface area contributed by atoms with E-state index in [1.165, 1.54) is 22.7 Å². The van der Waals surface area contributed by atoms with E-state index in [0.717, 1.165) is 22.9 Å². The van der Waals surface area contributed by atoms with Gasteiger partial charge in [-0.3, -0.25) is 0 Å². The van der Waals surface area contributed by atoms with Crippen molar-refractivity contribution in [3.05, 3.63) is 34.7 Å². The molecule has 0 aromatic carbocycles. The van der Waals surface area contributed by atoms with Gasteiger partial charge in [0.1, 0.15) is 17.7 Å². The summed E-state index contributed by atoms with van der Waals surface area (Å²) in [6, 6.07) is 12.6. The first kappa shape index (κ1) is 16.7. The van der Waals surface area contributed by atoms with E-state index in [-0.39, 0.29) is 5.57 Å². The fourth-order valence-electron chi connectivity index (χ4n) is 2.90. The van der Waals surface area contributed by atoms with Gasteiger partial charge >= 0.3 is 0 Å². The Balaban J connectivity index is 1.79. The molecule has 0 spiro atoms. The maximum atomic E-state index is 8.85. The van der Waals surface area contributed by atoms with Gasteiger partial charge in [0.05, 0.1) is 17.6 Å². The fraction of sp³-hybridized carbons (Fsp3) is 0.333. The van der Waals surface area contributed by atoms with Crippen LogP contribution in [0.15, 0.2) is 29.8 Å². The summed E-state index contributed by atoms with van der Waals surface area (Å²) in [6.07, 6.45) is 4.03. The number of allylic oxidation sites excluding steroid dienone is 1. The molecule has 0 aliphatic carbocycles. The quantitative estimate of drug-likeness (QED) is 0.740. The SMILES string of the molecule is COC[C@H]1CCCN1c1ccc(-c2ccc(C=C(C#N)C#N)s2)s1. The van der Waals surface area contributed by atoms with Crippen LogP contribution in [0.4, 0.5) is 5.00 Å². The van der Waals surface area contributed by atoms with E-state index in [2.05, 4.69) is 23.1 Å². The Bertz CT molecular complexity index is 806. The lowest BCUT2D eigenvalue weighted by molar-refractivity contribution is 0.181. The van der Waals surface area contributed by atoms with Crippen LogP contribution in [0, 0.1) is 22.7 Å². The molecular formula is C18H17N3OS2. The van der Waals surface area contributed by atoms with Crippen molar-refractivity contribution in [1.29, 1.82) is 10.5 Å². The molecule has 122 valence electrons. The first-order valence-corrected chi connectivity index (χ1v) is 9.36. The highest BCUT2D eigenvalue weighted by Gasteiger charge is 2.25. The number of thiophene rings is 2. The highest BCUT2D eigenvalue weighted by molar-refractivity contribution is 7.24. The van der Waals surface area contributed by atoms with Crippen molar-refractivity contribution < 1.29 is 4.74 Å². The lowest BCUT2D eigenvalue weighted by atomic mass is 10.2. The minimum absolute atomic E-state index is 0.134. The van der Waals surface area contributed by atoms with Gasteiger partial charge in [-0.15, -0.1) is 22.7 Å². The molecule has 0 amide bonds. The van der Waals surface area contributed by atoms with Crippen LogP contribution in [0.1, 0.15) is 17.7 Å². The van der Waals surface area contributed by atoms with Gasteiger partial charge in [-0.05, 0) is 43.2 Å². The fourth-order valence-corrected chi connectivity index (χ4v) is 5.05. The molecule has 0 N–H and O–H groups in total. The molecule has 0 saturated carbocycles.